The minimum Gasteiger partial charge on any atom is -0.358 e. The Labute approximate surface area is 132 Å². The zero-order chi connectivity index (χ0) is 16.4. The zero-order valence-corrected chi connectivity index (χ0v) is 12.4. The van der Waals surface area contributed by atoms with Gasteiger partial charge >= 0.3 is 0 Å². The second-order valence-electron chi connectivity index (χ2n) is 5.19. The molecule has 1 aromatic heterocycles. The van der Waals surface area contributed by atoms with E-state index in [1.165, 1.54) is 12.1 Å². The lowest BCUT2D eigenvalue weighted by atomic mass is 10.0. The molecule has 0 amide bonds. The minimum absolute atomic E-state index is 0.0284. The second-order valence-corrected chi connectivity index (χ2v) is 5.19. The molecule has 5 heteroatoms. The summed E-state index contributed by atoms with van der Waals surface area (Å²) in [5, 5.41) is 21.4. The normalized spacial score (nSPS) is 11.4. The molecular formula is C18H13N3O2. The van der Waals surface area contributed by atoms with Crippen molar-refractivity contribution in [3.8, 4) is 6.07 Å². The number of aromatic nitrogens is 1. The lowest BCUT2D eigenvalue weighted by Crippen LogP contribution is -1.90. The topological polar surface area (TPSA) is 82.7 Å². The van der Waals surface area contributed by atoms with E-state index in [0.29, 0.717) is 11.1 Å². The second kappa shape index (κ2) is 5.78. The molecule has 5 nitrogen and oxygen atoms in total. The molecule has 0 aliphatic rings. The number of allylic oxidation sites excluding steroid dienone is 1. The molecule has 112 valence electrons. The van der Waals surface area contributed by atoms with Crippen LogP contribution in [-0.4, -0.2) is 9.91 Å². The van der Waals surface area contributed by atoms with Crippen molar-refractivity contribution in [3.63, 3.8) is 0 Å². The molecule has 2 aromatic carbocycles. The van der Waals surface area contributed by atoms with Gasteiger partial charge in [0.2, 0.25) is 0 Å². The third kappa shape index (κ3) is 2.70. The van der Waals surface area contributed by atoms with E-state index >= 15 is 0 Å². The molecule has 3 rings (SSSR count). The van der Waals surface area contributed by atoms with Crippen LogP contribution in [0.3, 0.4) is 0 Å². The van der Waals surface area contributed by atoms with Crippen molar-refractivity contribution in [2.45, 2.75) is 6.92 Å². The first-order valence-corrected chi connectivity index (χ1v) is 7.04. The maximum absolute atomic E-state index is 10.9. The predicted molar refractivity (Wildman–Crippen MR) is 89.6 cm³/mol. The summed E-state index contributed by atoms with van der Waals surface area (Å²) in [5.41, 5.74) is 3.76. The number of nitro benzene ring substituents is 1. The predicted octanol–water partition coefficient (Wildman–Crippen LogP) is 4.45. The van der Waals surface area contributed by atoms with Crippen molar-refractivity contribution in [2.24, 2.45) is 0 Å². The molecular weight excluding hydrogens is 290 g/mol. The van der Waals surface area contributed by atoms with Gasteiger partial charge in [-0.25, -0.2) is 0 Å². The summed E-state index contributed by atoms with van der Waals surface area (Å²) >= 11 is 0. The van der Waals surface area contributed by atoms with E-state index in [1.54, 1.807) is 18.2 Å². The van der Waals surface area contributed by atoms with Crippen molar-refractivity contribution in [1.82, 2.24) is 4.98 Å². The summed E-state index contributed by atoms with van der Waals surface area (Å²) in [5.74, 6) is 0. The molecule has 0 radical (unpaired) electrons. The number of rotatable bonds is 3. The van der Waals surface area contributed by atoms with Crippen molar-refractivity contribution in [2.75, 3.05) is 0 Å². The lowest BCUT2D eigenvalue weighted by molar-refractivity contribution is -0.384. The Kier molecular flexibility index (Phi) is 3.65. The van der Waals surface area contributed by atoms with Gasteiger partial charge in [-0.15, -0.1) is 0 Å². The van der Waals surface area contributed by atoms with E-state index < -0.39 is 4.92 Å². The van der Waals surface area contributed by atoms with Gasteiger partial charge < -0.3 is 4.98 Å². The number of nitro groups is 1. The van der Waals surface area contributed by atoms with E-state index in [2.05, 4.69) is 11.1 Å². The van der Waals surface area contributed by atoms with E-state index in [-0.39, 0.29) is 5.69 Å². The summed E-state index contributed by atoms with van der Waals surface area (Å²) in [6.07, 6.45) is 1.77. The third-order valence-electron chi connectivity index (χ3n) is 3.72. The fraction of sp³-hybridized carbons (Fsp3) is 0.0556. The molecule has 1 N–H and O–H groups in total. The Morgan fingerprint density at radius 1 is 1.26 bits per heavy atom. The van der Waals surface area contributed by atoms with Crippen LogP contribution in [0.5, 0.6) is 0 Å². The van der Waals surface area contributed by atoms with Gasteiger partial charge in [0.15, 0.2) is 0 Å². The summed E-state index contributed by atoms with van der Waals surface area (Å²) in [7, 11) is 0. The standard InChI is InChI=1S/C18H13N3O2/c1-12-17(16-7-2-3-8-18(16)20-12)10-14(11-19)13-5-4-6-15(9-13)21(22)23/h2-10,20H,1H3/b14-10-. The Bertz CT molecular complexity index is 977. The fourth-order valence-electron chi connectivity index (χ4n) is 2.60. The zero-order valence-electron chi connectivity index (χ0n) is 12.4. The summed E-state index contributed by atoms with van der Waals surface area (Å²) in [6, 6.07) is 16.1. The Morgan fingerprint density at radius 3 is 2.78 bits per heavy atom. The van der Waals surface area contributed by atoms with Crippen LogP contribution in [-0.2, 0) is 0 Å². The summed E-state index contributed by atoms with van der Waals surface area (Å²) < 4.78 is 0. The molecule has 3 aromatic rings. The van der Waals surface area contributed by atoms with Gasteiger partial charge in [-0.2, -0.15) is 5.26 Å². The molecule has 0 saturated carbocycles. The van der Waals surface area contributed by atoms with Crippen LogP contribution < -0.4 is 0 Å². The van der Waals surface area contributed by atoms with Crippen LogP contribution in [0.2, 0.25) is 0 Å². The number of nitrogens with zero attached hydrogens (tertiary/aromatic N) is 2. The first kappa shape index (κ1) is 14.5. The van der Waals surface area contributed by atoms with Gasteiger partial charge in [0.1, 0.15) is 0 Å². The molecule has 0 unspecified atom stereocenters. The Balaban J connectivity index is 2.15. The summed E-state index contributed by atoms with van der Waals surface area (Å²) in [6.45, 7) is 1.94. The monoisotopic (exact) mass is 303 g/mol. The number of benzene rings is 2. The highest BCUT2D eigenvalue weighted by molar-refractivity contribution is 5.99. The van der Waals surface area contributed by atoms with Crippen LogP contribution in [0.4, 0.5) is 5.69 Å². The maximum Gasteiger partial charge on any atom is 0.270 e. The van der Waals surface area contributed by atoms with E-state index in [4.69, 9.17) is 0 Å². The summed E-state index contributed by atoms with van der Waals surface area (Å²) in [4.78, 5) is 13.7. The van der Waals surface area contributed by atoms with Gasteiger partial charge in [0.25, 0.3) is 5.69 Å². The lowest BCUT2D eigenvalue weighted by Gasteiger charge is -2.00. The van der Waals surface area contributed by atoms with Crippen molar-refractivity contribution in [3.05, 3.63) is 75.5 Å². The van der Waals surface area contributed by atoms with Gasteiger partial charge in [0, 0.05) is 34.3 Å². The minimum atomic E-state index is -0.463. The maximum atomic E-state index is 10.9. The number of H-pyrrole nitrogens is 1. The number of aryl methyl sites for hydroxylation is 1. The number of hydrogen-bond acceptors (Lipinski definition) is 3. The molecule has 0 atom stereocenters. The highest BCUT2D eigenvalue weighted by Gasteiger charge is 2.11. The quantitative estimate of drug-likeness (QED) is 0.441. The van der Waals surface area contributed by atoms with Gasteiger partial charge in [-0.1, -0.05) is 30.3 Å². The number of fused-ring (bicyclic) bond motifs is 1. The van der Waals surface area contributed by atoms with Crippen LogP contribution >= 0.6 is 0 Å². The number of hydrogen-bond donors (Lipinski definition) is 1. The molecule has 0 aliphatic heterocycles. The SMILES string of the molecule is Cc1[nH]c2ccccc2c1/C=C(/C#N)c1cccc([N+](=O)[O-])c1. The van der Waals surface area contributed by atoms with Gasteiger partial charge in [0.05, 0.1) is 16.6 Å². The van der Waals surface area contributed by atoms with Crippen molar-refractivity contribution in [1.29, 1.82) is 5.26 Å². The molecule has 1 heterocycles. The molecule has 23 heavy (non-hydrogen) atoms. The number of nitriles is 1. The molecule has 0 aliphatic carbocycles. The molecule has 0 spiro atoms. The first-order chi connectivity index (χ1) is 11.1. The van der Waals surface area contributed by atoms with Crippen LogP contribution in [0.1, 0.15) is 16.8 Å². The molecule has 0 saturated heterocycles. The van der Waals surface area contributed by atoms with Gasteiger partial charge in [-0.05, 0) is 24.6 Å². The largest absolute Gasteiger partial charge is 0.358 e. The van der Waals surface area contributed by atoms with Crippen molar-refractivity contribution < 1.29 is 4.92 Å². The Morgan fingerprint density at radius 2 is 2.04 bits per heavy atom. The van der Waals surface area contributed by atoms with Crippen LogP contribution in [0, 0.1) is 28.4 Å². The molecule has 0 bridgehead atoms. The number of nitrogens with one attached hydrogen (secondary N) is 1. The molecule has 0 fully saturated rings. The van der Waals surface area contributed by atoms with E-state index in [1.807, 2.05) is 31.2 Å². The third-order valence-corrected chi connectivity index (χ3v) is 3.72. The number of para-hydroxylation sites is 1. The number of non-ortho nitro benzene ring substituents is 1. The highest BCUT2D eigenvalue weighted by atomic mass is 16.6. The first-order valence-electron chi connectivity index (χ1n) is 7.04. The van der Waals surface area contributed by atoms with Crippen LogP contribution in [0.25, 0.3) is 22.6 Å². The average molecular weight is 303 g/mol. The van der Waals surface area contributed by atoms with Crippen LogP contribution in [0.15, 0.2) is 48.5 Å². The number of aromatic amines is 1. The van der Waals surface area contributed by atoms with E-state index in [9.17, 15) is 15.4 Å². The van der Waals surface area contributed by atoms with Gasteiger partial charge in [-0.3, -0.25) is 10.1 Å². The smallest absolute Gasteiger partial charge is 0.270 e. The average Bonchev–Trinajstić information content (AvgIpc) is 2.88. The fourth-order valence-corrected chi connectivity index (χ4v) is 2.60. The Hall–Kier alpha value is -3.39. The van der Waals surface area contributed by atoms with E-state index in [0.717, 1.165) is 22.2 Å². The van der Waals surface area contributed by atoms with Crippen molar-refractivity contribution >= 4 is 28.2 Å². The highest BCUT2D eigenvalue weighted by Crippen LogP contribution is 2.28.